The zero-order valence-corrected chi connectivity index (χ0v) is 85.5. The van der Waals surface area contributed by atoms with Crippen molar-refractivity contribution in [1.29, 1.82) is 10.8 Å². The van der Waals surface area contributed by atoms with Crippen molar-refractivity contribution in [3.8, 4) is 0 Å². The number of nitrogens with zero attached hydrogens (tertiary/aromatic N) is 2. The number of fused-ring (bicyclic) bond motifs is 1. The maximum atomic E-state index is 15.2. The summed E-state index contributed by atoms with van der Waals surface area (Å²) >= 11 is 16.4. The third kappa shape index (κ3) is 45.7. The number of benzene rings is 1. The molecule has 0 radical (unpaired) electrons. The number of carboxylic acid groups (broad SMARTS) is 2. The van der Waals surface area contributed by atoms with Gasteiger partial charge in [0.05, 0.1) is 63.8 Å². The normalized spacial score (nSPS) is 15.2. The summed E-state index contributed by atoms with van der Waals surface area (Å²) in [6.45, 7) is -3.60. The minimum absolute atomic E-state index is 0.0157. The van der Waals surface area contributed by atoms with Crippen LogP contribution >= 0.6 is 50.5 Å². The van der Waals surface area contributed by atoms with Gasteiger partial charge in [-0.2, -0.15) is 50.5 Å². The molecule has 64 heteroatoms. The van der Waals surface area contributed by atoms with Crippen molar-refractivity contribution in [1.82, 2.24) is 126 Å². The van der Waals surface area contributed by atoms with Gasteiger partial charge >= 0.3 is 11.9 Å². The van der Waals surface area contributed by atoms with Crippen LogP contribution in [0.2, 0.25) is 0 Å². The Morgan fingerprint density at radius 1 is 0.433 bits per heavy atom. The number of nitrogens with two attached hydrogens (primary N) is 7. The van der Waals surface area contributed by atoms with E-state index in [4.69, 9.17) is 56.1 Å². The van der Waals surface area contributed by atoms with Gasteiger partial charge in [0.1, 0.15) is 96.7 Å². The van der Waals surface area contributed by atoms with Gasteiger partial charge in [-0.1, -0.05) is 18.2 Å². The second kappa shape index (κ2) is 67.5. The number of para-hydroxylation sites is 1. The van der Waals surface area contributed by atoms with Crippen molar-refractivity contribution >= 4 is 209 Å². The highest BCUT2D eigenvalue weighted by Crippen LogP contribution is 2.22. The molecular weight excluding hydrogens is 2060 g/mol. The van der Waals surface area contributed by atoms with Crippen LogP contribution in [0.4, 0.5) is 0 Å². The Kier molecular flexibility index (Phi) is 57.5. The summed E-state index contributed by atoms with van der Waals surface area (Å²) in [4.78, 5) is 322. The molecule has 60 nitrogen and oxygen atoms in total. The Hall–Kier alpha value is -14.5. The van der Waals surface area contributed by atoms with E-state index in [1.165, 1.54) is 25.6 Å². The number of primary amides is 2. The van der Waals surface area contributed by atoms with Crippen molar-refractivity contribution in [2.75, 3.05) is 88.6 Å². The Bertz CT molecular complexity index is 5170. The van der Waals surface area contributed by atoms with Gasteiger partial charge < -0.3 is 182 Å². The predicted molar refractivity (Wildman–Crippen MR) is 546 cm³/mol. The first-order valence-corrected chi connectivity index (χ1v) is 49.9. The number of aromatic nitrogens is 3. The van der Waals surface area contributed by atoms with E-state index in [1.807, 2.05) is 0 Å². The van der Waals surface area contributed by atoms with Gasteiger partial charge in [0.15, 0.2) is 11.9 Å². The first-order valence-electron chi connectivity index (χ1n) is 47.3. The number of imidazole rings is 1. The molecule has 21 amide bonds. The summed E-state index contributed by atoms with van der Waals surface area (Å²) in [6, 6.07) is -20.9. The molecule has 2 aromatic heterocycles. The molecule has 150 heavy (non-hydrogen) atoms. The number of hydrogen-bond donors (Lipinski definition) is 39. The van der Waals surface area contributed by atoms with E-state index in [9.17, 15) is 121 Å². The third-order valence-corrected chi connectivity index (χ3v) is 24.1. The van der Waals surface area contributed by atoms with Gasteiger partial charge in [0.25, 0.3) is 0 Å². The number of carbonyl (C=O) groups excluding carboxylic acids is 21. The Morgan fingerprint density at radius 3 is 1.30 bits per heavy atom. The van der Waals surface area contributed by atoms with E-state index in [0.717, 1.165) is 4.90 Å². The molecule has 3 aromatic rings. The Morgan fingerprint density at radius 2 is 0.833 bits per heavy atom. The molecule has 0 spiro atoms. The molecule has 1 aliphatic rings. The number of aliphatic hydroxyl groups excluding tert-OH is 2. The molecule has 1 fully saturated rings. The van der Waals surface area contributed by atoms with Gasteiger partial charge in [-0.05, 0) is 115 Å². The van der Waals surface area contributed by atoms with E-state index < -0.39 is 328 Å². The quantitative estimate of drug-likeness (QED) is 0.0108. The molecule has 1 aliphatic heterocycles. The lowest BCUT2D eigenvalue weighted by molar-refractivity contribution is -0.142. The van der Waals surface area contributed by atoms with E-state index in [2.05, 4.69) is 172 Å². The second-order valence-electron chi connectivity index (χ2n) is 34.3. The molecular formula is C86H137N33O27S4. The fourth-order valence-electron chi connectivity index (χ4n) is 14.5. The van der Waals surface area contributed by atoms with Crippen LogP contribution in [0.25, 0.3) is 10.9 Å². The van der Waals surface area contributed by atoms with Crippen LogP contribution in [0.1, 0.15) is 121 Å². The number of rotatable bonds is 71. The molecule has 0 saturated carbocycles. The number of amides is 21. The molecule has 0 unspecified atom stereocenters. The monoisotopic (exact) mass is 2190 g/mol. The number of likely N-dealkylation sites (tertiary alicyclic amines) is 1. The fraction of sp³-hybridized carbons (Fsp3) is 0.581. The van der Waals surface area contributed by atoms with Gasteiger partial charge in [-0.25, -0.2) is 4.98 Å². The molecule has 832 valence electrons. The topological polar surface area (TPSA) is 992 Å². The fourth-order valence-corrected chi connectivity index (χ4v) is 15.6. The summed E-state index contributed by atoms with van der Waals surface area (Å²) in [5, 5.41) is 104. The lowest BCUT2D eigenvalue weighted by Gasteiger charge is -2.28. The standard InChI is InChI=1S/C86H137N33O27S4/c1-41(69(131)107-49(15-8-22-97-85(92)93)75(137)118-60(39-150)83(145)117-57(36-147)68(91)130)104-76(138)52(26-43-30-96-40-103-43)112-78(140)54(28-67(128)129)114-74(136)50(16-9-23-98-86(94)95)108-77(139)51(25-42-29-99-46-12-3-2-11-44(42)46)111-73(135)48(14-5-7-21-88)109-79(141)55(34-120)115-80(142)56(35-121)116-82(144)59(38-149)106-64(124)32-101-71(133)47(13-4-6-20-87)110-84(146)61-17-10-24-119(61)65(125)33-102-72(134)53(27-62(90)122)113-81(143)58(37-148)105-63(123)31-100-70(132)45(89)18-19-66(126)127/h2-3,11-12,29-30,40-41,45,47-61,99,120-121,147-150H,4-10,13-28,31-39,87-89H2,1H3,(H2,90,122)(H2,91,130)(H,96,103)(H,100,132)(H,101,133)(H,102,134)(H,104,138)(H,105,123)(H,106,124)(H,107,131)(H,108,139)(H,109,141)(H,110,146)(H,111,135)(H,112,140)(H,113,143)(H,114,136)(H,115,142)(H,116,144)(H,117,145)(H,118,137)(H,126,127)(H,128,129)(H4,92,93,97)(H4,94,95,98)/t41-,45-,47-,48-,49-,50-,51-,52-,53-,54-,55-,56-,57-,58-,59-,60-,61-/m0/s1. The number of nitrogens with one attached hydrogen (secondary N) is 24. The molecule has 17 atom stereocenters. The number of aliphatic hydroxyl groups is 2. The van der Waals surface area contributed by atoms with E-state index >= 15 is 4.79 Å². The lowest BCUT2D eigenvalue weighted by atomic mass is 10.0. The minimum atomic E-state index is -2.11. The maximum Gasteiger partial charge on any atom is 0.305 e. The van der Waals surface area contributed by atoms with Crippen molar-refractivity contribution < 1.29 is 131 Å². The second-order valence-corrected chi connectivity index (χ2v) is 35.7. The van der Waals surface area contributed by atoms with Crippen LogP contribution in [0.3, 0.4) is 0 Å². The number of unbranched alkanes of at least 4 members (excludes halogenated alkanes) is 2. The third-order valence-electron chi connectivity index (χ3n) is 22.6. The van der Waals surface area contributed by atoms with Crippen LogP contribution in [0, 0.1) is 10.8 Å². The van der Waals surface area contributed by atoms with Crippen LogP contribution in [0.5, 0.6) is 0 Å². The number of aromatic amines is 2. The average molecular weight is 2190 g/mol. The number of H-pyrrole nitrogens is 2. The Balaban J connectivity index is 1.51. The zero-order chi connectivity index (χ0) is 112. The van der Waals surface area contributed by atoms with Gasteiger partial charge in [0, 0.05) is 85.2 Å². The number of carboxylic acids is 2. The molecule has 4 rings (SSSR count). The first-order chi connectivity index (χ1) is 71.2. The maximum absolute atomic E-state index is 15.2. The lowest BCUT2D eigenvalue weighted by Crippen LogP contribution is -2.61. The molecule has 0 bridgehead atoms. The minimum Gasteiger partial charge on any atom is -0.481 e. The number of carbonyl (C=O) groups is 23. The summed E-state index contributed by atoms with van der Waals surface area (Å²) in [5.74, 6) is -27.5. The van der Waals surface area contributed by atoms with Crippen molar-refractivity contribution in [3.05, 3.63) is 54.2 Å². The first kappa shape index (κ1) is 128. The van der Waals surface area contributed by atoms with E-state index in [0.29, 0.717) is 22.9 Å². The van der Waals surface area contributed by atoms with Crippen molar-refractivity contribution in [2.45, 2.75) is 225 Å². The predicted octanol–water partition coefficient (Wildman–Crippen LogP) is -15.2. The average Bonchev–Trinajstić information content (AvgIpc) is 1.68. The van der Waals surface area contributed by atoms with E-state index in [1.54, 1.807) is 24.3 Å². The highest BCUT2D eigenvalue weighted by molar-refractivity contribution is 7.80. The molecule has 1 aromatic carbocycles. The highest BCUT2D eigenvalue weighted by atomic mass is 32.1. The number of guanidine groups is 2. The zero-order valence-electron chi connectivity index (χ0n) is 81.9. The van der Waals surface area contributed by atoms with Crippen molar-refractivity contribution in [2.24, 2.45) is 40.1 Å². The smallest absolute Gasteiger partial charge is 0.305 e. The molecule has 1 saturated heterocycles. The Labute approximate surface area is 880 Å². The van der Waals surface area contributed by atoms with Crippen LogP contribution in [-0.2, 0) is 123 Å². The van der Waals surface area contributed by atoms with E-state index in [-0.39, 0.29) is 126 Å². The summed E-state index contributed by atoms with van der Waals surface area (Å²) in [7, 11) is 0. The number of thiol groups is 4. The van der Waals surface area contributed by atoms with Crippen molar-refractivity contribution in [3.63, 3.8) is 0 Å². The van der Waals surface area contributed by atoms with Gasteiger partial charge in [-0.3, -0.25) is 121 Å². The van der Waals surface area contributed by atoms with Gasteiger partial charge in [-0.15, -0.1) is 0 Å². The van der Waals surface area contributed by atoms with Gasteiger partial charge in [0.2, 0.25) is 124 Å². The number of aliphatic carboxylic acids is 2. The summed E-state index contributed by atoms with van der Waals surface area (Å²) < 4.78 is 0. The largest absolute Gasteiger partial charge is 0.481 e. The number of hydrogen-bond acceptors (Lipinski definition) is 35. The summed E-state index contributed by atoms with van der Waals surface area (Å²) in [6.07, 6.45) is 0.709. The van der Waals surface area contributed by atoms with Crippen LogP contribution in [-0.4, -0.2) is 379 Å². The molecule has 42 N–H and O–H groups in total. The van der Waals surface area contributed by atoms with Crippen LogP contribution in [0.15, 0.2) is 43.0 Å². The highest BCUT2D eigenvalue weighted by Gasteiger charge is 2.41. The SMILES string of the molecule is C[C@H](NC(=O)[C@H](Cc1c[nH]cn1)NC(=O)[C@H](CC(=O)O)NC(=O)[C@H](CCCNC(=N)N)NC(=O)[C@H](Cc1c[nH]c2ccccc12)NC(=O)[C@H](CCCCN)NC(=O)[C@H](CO)NC(=O)[C@H](CO)NC(=O)[C@H](CS)NC(=O)CNC(=O)[C@H](CCCCN)NC(=O)[C@@H]1CCCN1C(=O)CNC(=O)[C@H](CC(N)=O)NC(=O)[C@H](CS)NC(=O)CNC(=O)[C@@H](N)CCC(=O)O)C(=O)N[C@@H](CCCNC(=N)N)C(=O)N[C@@H](CS)C(=O)N[C@@H](CS)C(N)=O. The van der Waals surface area contributed by atoms with Crippen LogP contribution < -0.4 is 146 Å². The summed E-state index contributed by atoms with van der Waals surface area (Å²) in [5.41, 5.74) is 40.0. The molecule has 0 aliphatic carbocycles. The molecule has 3 heterocycles.